The lowest BCUT2D eigenvalue weighted by molar-refractivity contribution is 0.251. The van der Waals surface area contributed by atoms with Gasteiger partial charge < -0.3 is 11.1 Å². The molecule has 0 aliphatic carbocycles. The summed E-state index contributed by atoms with van der Waals surface area (Å²) in [4.78, 5) is 24.0. The number of pyridine rings is 3. The highest BCUT2D eigenvalue weighted by Crippen LogP contribution is 2.19. The van der Waals surface area contributed by atoms with Crippen molar-refractivity contribution < 1.29 is 9.18 Å². The Hall–Kier alpha value is -3.88. The molecule has 0 spiro atoms. The summed E-state index contributed by atoms with van der Waals surface area (Å²) in [5.74, 6) is -0.244. The molecule has 0 saturated carbocycles. The number of aromatic nitrogens is 3. The molecule has 0 saturated heterocycles. The quantitative estimate of drug-likeness (QED) is 0.506. The van der Waals surface area contributed by atoms with Crippen LogP contribution < -0.4 is 16.4 Å². The molecule has 0 bridgehead atoms. The molecule has 3 aromatic heterocycles. The molecule has 0 fully saturated rings. The van der Waals surface area contributed by atoms with Crippen molar-refractivity contribution in [3.63, 3.8) is 0 Å². The fourth-order valence-corrected chi connectivity index (χ4v) is 2.50. The first-order valence-corrected chi connectivity index (χ1v) is 8.34. The zero-order valence-electron chi connectivity index (χ0n) is 15.0. The second kappa shape index (κ2) is 8.21. The molecule has 0 radical (unpaired) electrons. The van der Waals surface area contributed by atoms with Gasteiger partial charge in [0, 0.05) is 53.7 Å². The summed E-state index contributed by atoms with van der Waals surface area (Å²) in [5.41, 5.74) is 8.99. The summed E-state index contributed by atoms with van der Waals surface area (Å²) in [6.45, 7) is 1.94. The number of urea groups is 1. The van der Waals surface area contributed by atoms with Crippen LogP contribution in [0.3, 0.4) is 0 Å². The van der Waals surface area contributed by atoms with Crippen molar-refractivity contribution in [1.29, 1.82) is 5.41 Å². The van der Waals surface area contributed by atoms with E-state index in [-0.39, 0.29) is 18.1 Å². The maximum atomic E-state index is 13.1. The summed E-state index contributed by atoms with van der Waals surface area (Å²) < 4.78 is 13.1. The smallest absolute Gasteiger partial charge is 0.320 e. The molecular formula is C19H18FN7O. The van der Waals surface area contributed by atoms with Crippen molar-refractivity contribution in [3.8, 4) is 0 Å². The van der Waals surface area contributed by atoms with E-state index >= 15 is 0 Å². The molecule has 0 aliphatic rings. The zero-order valence-corrected chi connectivity index (χ0v) is 15.0. The maximum absolute atomic E-state index is 13.1. The van der Waals surface area contributed by atoms with Gasteiger partial charge in [0.25, 0.3) is 0 Å². The number of halogens is 1. The van der Waals surface area contributed by atoms with E-state index in [1.807, 2.05) is 6.92 Å². The van der Waals surface area contributed by atoms with Crippen molar-refractivity contribution in [1.82, 2.24) is 20.3 Å². The van der Waals surface area contributed by atoms with Gasteiger partial charge in [-0.05, 0) is 30.7 Å². The Morgan fingerprint density at radius 3 is 2.75 bits per heavy atom. The lowest BCUT2D eigenvalue weighted by Gasteiger charge is -2.11. The Morgan fingerprint density at radius 2 is 2.04 bits per heavy atom. The topological polar surface area (TPSA) is 130 Å². The Labute approximate surface area is 160 Å². The number of nitrogens with two attached hydrogens (primary N) is 1. The van der Waals surface area contributed by atoms with Crippen molar-refractivity contribution in [2.24, 2.45) is 0 Å². The molecule has 0 aliphatic heterocycles. The Bertz CT molecular complexity index is 1040. The van der Waals surface area contributed by atoms with Crippen molar-refractivity contribution in [3.05, 3.63) is 77.3 Å². The summed E-state index contributed by atoms with van der Waals surface area (Å²) >= 11 is 0. The van der Waals surface area contributed by atoms with Crippen LogP contribution in [-0.4, -0.2) is 26.7 Å². The number of nitrogens with zero attached hydrogens (tertiary/aromatic N) is 3. The first kappa shape index (κ1) is 18.9. The van der Waals surface area contributed by atoms with E-state index in [0.29, 0.717) is 22.4 Å². The molecule has 5 N–H and O–H groups in total. The molecule has 3 heterocycles. The molecule has 2 amide bonds. The number of carbonyl (C=O) groups is 1. The molecular weight excluding hydrogens is 361 g/mol. The van der Waals surface area contributed by atoms with Crippen LogP contribution in [0.5, 0.6) is 0 Å². The molecule has 9 heteroatoms. The Balaban J connectivity index is 1.65. The van der Waals surface area contributed by atoms with Gasteiger partial charge in [0.1, 0.15) is 11.6 Å². The van der Waals surface area contributed by atoms with Crippen LogP contribution in [0.25, 0.3) is 0 Å². The van der Waals surface area contributed by atoms with Crippen LogP contribution in [0.2, 0.25) is 0 Å². The second-order valence-corrected chi connectivity index (χ2v) is 6.04. The number of anilines is 2. The van der Waals surface area contributed by atoms with E-state index in [2.05, 4.69) is 25.6 Å². The summed E-state index contributed by atoms with van der Waals surface area (Å²) in [6, 6.07) is 5.73. The number of nitrogen functional groups attached to an aromatic ring is 1. The van der Waals surface area contributed by atoms with Crippen molar-refractivity contribution in [2.45, 2.75) is 13.5 Å². The number of aryl methyl sites for hydroxylation is 1. The predicted octanol–water partition coefficient (Wildman–Crippen LogP) is 2.64. The summed E-state index contributed by atoms with van der Waals surface area (Å²) in [5, 5.41) is 13.4. The van der Waals surface area contributed by atoms with Crippen LogP contribution in [0.15, 0.2) is 49.1 Å². The predicted molar refractivity (Wildman–Crippen MR) is 104 cm³/mol. The number of carbonyl (C=O) groups excluding carboxylic acids is 1. The summed E-state index contributed by atoms with van der Waals surface area (Å²) in [6.07, 6.45) is 5.60. The third-order valence-corrected chi connectivity index (χ3v) is 3.85. The largest absolute Gasteiger partial charge is 0.398 e. The van der Waals surface area contributed by atoms with E-state index in [1.54, 1.807) is 18.3 Å². The highest BCUT2D eigenvalue weighted by Gasteiger charge is 2.12. The van der Waals surface area contributed by atoms with Gasteiger partial charge in [-0.15, -0.1) is 0 Å². The average Bonchev–Trinajstić information content (AvgIpc) is 2.66. The minimum Gasteiger partial charge on any atom is -0.398 e. The van der Waals surface area contributed by atoms with E-state index in [0.717, 1.165) is 11.9 Å². The molecule has 28 heavy (non-hydrogen) atoms. The van der Waals surface area contributed by atoms with Crippen molar-refractivity contribution >= 4 is 23.2 Å². The van der Waals surface area contributed by atoms with Gasteiger partial charge >= 0.3 is 6.03 Å². The number of hydrogen-bond donors (Lipinski definition) is 4. The van der Waals surface area contributed by atoms with E-state index in [1.165, 1.54) is 24.5 Å². The van der Waals surface area contributed by atoms with Gasteiger partial charge in [0.2, 0.25) is 0 Å². The van der Waals surface area contributed by atoms with Gasteiger partial charge in [0.15, 0.2) is 0 Å². The highest BCUT2D eigenvalue weighted by molar-refractivity contribution is 6.13. The zero-order chi connectivity index (χ0) is 20.1. The van der Waals surface area contributed by atoms with Crippen LogP contribution >= 0.6 is 0 Å². The molecule has 0 aromatic carbocycles. The second-order valence-electron chi connectivity index (χ2n) is 6.04. The van der Waals surface area contributed by atoms with E-state index < -0.39 is 11.8 Å². The minimum absolute atomic E-state index is 0.107. The third kappa shape index (κ3) is 4.64. The van der Waals surface area contributed by atoms with Gasteiger partial charge in [0.05, 0.1) is 11.9 Å². The highest BCUT2D eigenvalue weighted by atomic mass is 19.1. The molecule has 8 nitrogen and oxygen atoms in total. The van der Waals surface area contributed by atoms with Crippen molar-refractivity contribution in [2.75, 3.05) is 11.1 Å². The lowest BCUT2D eigenvalue weighted by atomic mass is 10.0. The fraction of sp³-hybridized carbons (Fsp3) is 0.105. The number of rotatable bonds is 5. The minimum atomic E-state index is -0.524. The molecule has 0 atom stereocenters. The monoisotopic (exact) mass is 379 g/mol. The number of hydrogen-bond acceptors (Lipinski definition) is 6. The van der Waals surface area contributed by atoms with Gasteiger partial charge in [-0.1, -0.05) is 0 Å². The van der Waals surface area contributed by atoms with Crippen LogP contribution in [0.4, 0.5) is 20.7 Å². The Kier molecular flexibility index (Phi) is 5.54. The van der Waals surface area contributed by atoms with Crippen LogP contribution in [-0.2, 0) is 6.54 Å². The normalized spacial score (nSPS) is 10.4. The third-order valence-electron chi connectivity index (χ3n) is 3.85. The van der Waals surface area contributed by atoms with E-state index in [4.69, 9.17) is 11.1 Å². The van der Waals surface area contributed by atoms with Gasteiger partial charge in [-0.25, -0.2) is 14.2 Å². The molecule has 3 rings (SSSR count). The Morgan fingerprint density at radius 1 is 1.21 bits per heavy atom. The lowest BCUT2D eigenvalue weighted by Crippen LogP contribution is -2.28. The molecule has 0 unspecified atom stereocenters. The van der Waals surface area contributed by atoms with Crippen LogP contribution in [0.1, 0.15) is 22.4 Å². The first-order chi connectivity index (χ1) is 13.4. The standard InChI is InChI=1S/C19H18FN7O/c1-11-4-13(2-3-24-11)18(22)15-10-25-17(6-16(15)21)27-19(28)26-8-12-5-14(20)9-23-7-12/h2-7,9-10,22H,8H2,1H3,(H4,21,25,26,27,28). The van der Waals surface area contributed by atoms with Crippen LogP contribution in [0, 0.1) is 18.2 Å². The molecule has 3 aromatic rings. The fourth-order valence-electron chi connectivity index (χ4n) is 2.50. The van der Waals surface area contributed by atoms with Gasteiger partial charge in [-0.3, -0.25) is 20.7 Å². The molecule has 142 valence electrons. The summed E-state index contributed by atoms with van der Waals surface area (Å²) in [7, 11) is 0. The first-order valence-electron chi connectivity index (χ1n) is 8.34. The number of amides is 2. The number of nitrogens with one attached hydrogen (secondary N) is 3. The van der Waals surface area contributed by atoms with Gasteiger partial charge in [-0.2, -0.15) is 0 Å². The maximum Gasteiger partial charge on any atom is 0.320 e. The van der Waals surface area contributed by atoms with E-state index in [9.17, 15) is 9.18 Å². The average molecular weight is 379 g/mol. The SMILES string of the molecule is Cc1cc(C(=N)c2cnc(NC(=O)NCc3cncc(F)c3)cc2N)ccn1.